The van der Waals surface area contributed by atoms with Crippen molar-refractivity contribution in [1.29, 1.82) is 0 Å². The van der Waals surface area contributed by atoms with E-state index in [-0.39, 0.29) is 31.3 Å². The van der Waals surface area contributed by atoms with E-state index in [1.165, 1.54) is 24.3 Å². The van der Waals surface area contributed by atoms with Gasteiger partial charge in [-0.15, -0.1) is 0 Å². The molecule has 1 unspecified atom stereocenters. The summed E-state index contributed by atoms with van der Waals surface area (Å²) in [5.74, 6) is -2.64. The first-order chi connectivity index (χ1) is 20.5. The Balaban J connectivity index is 1.49. The van der Waals surface area contributed by atoms with Crippen LogP contribution in [-0.4, -0.2) is 61.2 Å². The second-order valence-corrected chi connectivity index (χ2v) is 11.4. The zero-order valence-corrected chi connectivity index (χ0v) is 24.6. The number of fused-ring (bicyclic) bond motifs is 1. The molecular weight excluding hydrogens is 579 g/mol. The number of amides is 4. The van der Waals surface area contributed by atoms with Gasteiger partial charge in [-0.1, -0.05) is 37.6 Å². The van der Waals surface area contributed by atoms with Gasteiger partial charge in [0.2, 0.25) is 17.7 Å². The van der Waals surface area contributed by atoms with Crippen LogP contribution in [0.1, 0.15) is 37.8 Å². The highest BCUT2D eigenvalue weighted by molar-refractivity contribution is 6.30. The first kappa shape index (κ1) is 31.7. The molecule has 0 spiro atoms. The first-order valence-electron chi connectivity index (χ1n) is 14.1. The van der Waals surface area contributed by atoms with Gasteiger partial charge in [0.25, 0.3) is 5.91 Å². The van der Waals surface area contributed by atoms with Crippen LogP contribution in [0.4, 0.5) is 4.39 Å². The monoisotopic (exact) mass is 612 g/mol. The second kappa shape index (κ2) is 14.3. The van der Waals surface area contributed by atoms with Crippen LogP contribution in [-0.2, 0) is 30.4 Å². The van der Waals surface area contributed by atoms with E-state index >= 15 is 0 Å². The van der Waals surface area contributed by atoms with Crippen LogP contribution in [0.3, 0.4) is 0 Å². The molecule has 228 valence electrons. The predicted molar refractivity (Wildman–Crippen MR) is 157 cm³/mol. The third-order valence-electron chi connectivity index (χ3n) is 7.39. The third kappa shape index (κ3) is 8.41. The number of carbonyl (C=O) groups excluding carboxylic acids is 5. The Morgan fingerprint density at radius 1 is 1.09 bits per heavy atom. The maximum absolute atomic E-state index is 13.5. The number of ether oxygens (including phenoxy) is 1. The van der Waals surface area contributed by atoms with Crippen molar-refractivity contribution >= 4 is 47.6 Å². The van der Waals surface area contributed by atoms with Gasteiger partial charge in [-0.3, -0.25) is 19.2 Å². The van der Waals surface area contributed by atoms with Crippen molar-refractivity contribution in [2.24, 2.45) is 11.8 Å². The van der Waals surface area contributed by atoms with Crippen LogP contribution >= 0.6 is 11.6 Å². The van der Waals surface area contributed by atoms with Crippen molar-refractivity contribution in [3.63, 3.8) is 0 Å². The molecule has 12 heteroatoms. The van der Waals surface area contributed by atoms with E-state index < -0.39 is 47.6 Å². The number of benzene rings is 2. The lowest BCUT2D eigenvalue weighted by Crippen LogP contribution is -2.57. The molecule has 4 rings (SSSR count). The molecule has 2 aliphatic rings. The molecule has 4 atom stereocenters. The summed E-state index contributed by atoms with van der Waals surface area (Å²) in [5, 5.41) is 11.2. The Kier molecular flexibility index (Phi) is 10.5. The highest BCUT2D eigenvalue weighted by atomic mass is 35.5. The van der Waals surface area contributed by atoms with Gasteiger partial charge in [0.15, 0.2) is 0 Å². The molecule has 43 heavy (non-hydrogen) atoms. The second-order valence-electron chi connectivity index (χ2n) is 11.0. The van der Waals surface area contributed by atoms with Crippen LogP contribution in [0.15, 0.2) is 48.0 Å². The van der Waals surface area contributed by atoms with Crippen LogP contribution in [0.5, 0.6) is 5.75 Å². The zero-order valence-electron chi connectivity index (χ0n) is 23.8. The van der Waals surface area contributed by atoms with Crippen LogP contribution in [0.25, 0.3) is 6.08 Å². The van der Waals surface area contributed by atoms with E-state index in [1.807, 2.05) is 0 Å². The number of carbonyl (C=O) groups is 5. The van der Waals surface area contributed by atoms with E-state index in [0.29, 0.717) is 46.7 Å². The minimum Gasteiger partial charge on any atom is -0.488 e. The van der Waals surface area contributed by atoms with E-state index in [1.54, 1.807) is 38.1 Å². The van der Waals surface area contributed by atoms with Crippen molar-refractivity contribution in [3.8, 4) is 5.75 Å². The molecule has 0 radical (unpaired) electrons. The van der Waals surface area contributed by atoms with E-state index in [2.05, 4.69) is 21.3 Å². The lowest BCUT2D eigenvalue weighted by atomic mass is 9.98. The van der Waals surface area contributed by atoms with E-state index in [4.69, 9.17) is 16.3 Å². The molecule has 4 N–H and O–H groups in total. The quantitative estimate of drug-likeness (QED) is 0.271. The van der Waals surface area contributed by atoms with Gasteiger partial charge in [-0.2, -0.15) is 0 Å². The fourth-order valence-electron chi connectivity index (χ4n) is 4.98. The molecule has 2 aromatic rings. The third-order valence-corrected chi connectivity index (χ3v) is 7.63. The standard InChI is InChI=1S/C31H34ClFN4O6/c1-17(2)27(37-29(40)21-12-20-13-22(32)5-8-26(20)43-16-21)31(42)36-25(11-18-3-6-23(33)7-4-18)30(41)35-24(15-38)14-19-9-10-34-28(19)39/h3-8,12-13,15,17,19,24-25,27H,9-11,14,16H2,1-2H3,(H,34,39)(H,35,41)(H,36,42)(H,37,40)/t19-,24-,25-,27?/m0/s1. The van der Waals surface area contributed by atoms with Crippen molar-refractivity contribution in [1.82, 2.24) is 21.3 Å². The topological polar surface area (TPSA) is 143 Å². The highest BCUT2D eigenvalue weighted by Crippen LogP contribution is 2.29. The number of nitrogens with one attached hydrogen (secondary N) is 4. The van der Waals surface area contributed by atoms with Gasteiger partial charge >= 0.3 is 0 Å². The van der Waals surface area contributed by atoms with E-state index in [0.717, 1.165) is 0 Å². The van der Waals surface area contributed by atoms with Gasteiger partial charge in [0.1, 0.15) is 36.5 Å². The summed E-state index contributed by atoms with van der Waals surface area (Å²) < 4.78 is 19.2. The van der Waals surface area contributed by atoms with Gasteiger partial charge in [0, 0.05) is 29.5 Å². The summed E-state index contributed by atoms with van der Waals surface area (Å²) in [6.07, 6.45) is 2.86. The Hall–Kier alpha value is -4.25. The summed E-state index contributed by atoms with van der Waals surface area (Å²) in [7, 11) is 0. The molecular formula is C31H34ClFN4O6. The van der Waals surface area contributed by atoms with Crippen molar-refractivity contribution in [3.05, 3.63) is 70.0 Å². The van der Waals surface area contributed by atoms with Gasteiger partial charge in [-0.05, 0) is 60.7 Å². The average Bonchev–Trinajstić information content (AvgIpc) is 3.39. The molecule has 2 heterocycles. The minimum absolute atomic E-state index is 0.00536. The number of aldehydes is 1. The number of halogens is 2. The van der Waals surface area contributed by atoms with Gasteiger partial charge in [0.05, 0.1) is 11.6 Å². The molecule has 1 fully saturated rings. The Morgan fingerprint density at radius 2 is 1.84 bits per heavy atom. The Bertz CT molecular complexity index is 1410. The molecule has 0 aromatic heterocycles. The average molecular weight is 613 g/mol. The van der Waals surface area contributed by atoms with Crippen molar-refractivity contribution < 1.29 is 33.1 Å². The minimum atomic E-state index is -1.16. The van der Waals surface area contributed by atoms with Crippen LogP contribution in [0, 0.1) is 17.7 Å². The Labute approximate surface area is 253 Å². The van der Waals surface area contributed by atoms with Crippen LogP contribution < -0.4 is 26.0 Å². The van der Waals surface area contributed by atoms with Crippen molar-refractivity contribution in [2.45, 2.75) is 51.2 Å². The molecule has 1 saturated heterocycles. The molecule has 10 nitrogen and oxygen atoms in total. The molecule has 0 bridgehead atoms. The number of hydrogen-bond acceptors (Lipinski definition) is 6. The molecule has 2 aromatic carbocycles. The lowest BCUT2D eigenvalue weighted by molar-refractivity contribution is -0.133. The SMILES string of the molecule is CC(C)C(NC(=O)C1=Cc2cc(Cl)ccc2OC1)C(=O)N[C@@H](Cc1ccc(F)cc1)C(=O)N[C@H](C=O)C[C@@H]1CCNC1=O. The molecule has 0 aliphatic carbocycles. The smallest absolute Gasteiger partial charge is 0.251 e. The summed E-state index contributed by atoms with van der Waals surface area (Å²) in [4.78, 5) is 63.9. The number of hydrogen-bond donors (Lipinski definition) is 4. The predicted octanol–water partition coefficient (Wildman–Crippen LogP) is 2.33. The van der Waals surface area contributed by atoms with Crippen molar-refractivity contribution in [2.75, 3.05) is 13.2 Å². The molecule has 4 amide bonds. The first-order valence-corrected chi connectivity index (χ1v) is 14.4. The lowest BCUT2D eigenvalue weighted by Gasteiger charge is -2.27. The zero-order chi connectivity index (χ0) is 31.1. The molecule has 2 aliphatic heterocycles. The highest BCUT2D eigenvalue weighted by Gasteiger charge is 2.33. The summed E-state index contributed by atoms with van der Waals surface area (Å²) >= 11 is 6.07. The fourth-order valence-corrected chi connectivity index (χ4v) is 5.16. The van der Waals surface area contributed by atoms with E-state index in [9.17, 15) is 28.4 Å². The molecule has 0 saturated carbocycles. The normalized spacial score (nSPS) is 17.8. The fraction of sp³-hybridized carbons (Fsp3) is 0.387. The largest absolute Gasteiger partial charge is 0.488 e. The summed E-state index contributed by atoms with van der Waals surface area (Å²) in [6.45, 7) is 3.98. The van der Waals surface area contributed by atoms with Gasteiger partial charge in [-0.25, -0.2) is 4.39 Å². The number of rotatable bonds is 12. The summed E-state index contributed by atoms with van der Waals surface area (Å²) in [6, 6.07) is 7.36. The Morgan fingerprint density at radius 3 is 2.49 bits per heavy atom. The van der Waals surface area contributed by atoms with Gasteiger partial charge < -0.3 is 30.8 Å². The van der Waals surface area contributed by atoms with Crippen LogP contribution in [0.2, 0.25) is 5.02 Å². The summed E-state index contributed by atoms with van der Waals surface area (Å²) in [5.41, 5.74) is 1.48. The maximum Gasteiger partial charge on any atom is 0.251 e. The maximum atomic E-state index is 13.5.